The van der Waals surface area contributed by atoms with Crippen LogP contribution >= 0.6 is 10.7 Å². The molecule has 2 heterocycles. The van der Waals surface area contributed by atoms with Crippen molar-refractivity contribution in [3.63, 3.8) is 0 Å². The van der Waals surface area contributed by atoms with Gasteiger partial charge in [0.25, 0.3) is 0 Å². The van der Waals surface area contributed by atoms with Crippen LogP contribution in [0.5, 0.6) is 0 Å². The van der Waals surface area contributed by atoms with E-state index >= 15 is 0 Å². The van der Waals surface area contributed by atoms with Gasteiger partial charge in [0, 0.05) is 30.9 Å². The molecule has 2 aromatic heterocycles. The molecule has 8 nitrogen and oxygen atoms in total. The molecule has 13 heteroatoms. The van der Waals surface area contributed by atoms with Crippen LogP contribution in [0, 0.1) is 24.6 Å². The van der Waals surface area contributed by atoms with Crippen molar-refractivity contribution in [2.75, 3.05) is 16.7 Å². The van der Waals surface area contributed by atoms with Crippen molar-refractivity contribution in [1.29, 1.82) is 0 Å². The van der Waals surface area contributed by atoms with Gasteiger partial charge in [-0.05, 0) is 79.9 Å². The number of amides is 1. The molecule has 0 bridgehead atoms. The number of carboxylic acids is 1. The van der Waals surface area contributed by atoms with Crippen LogP contribution in [0.1, 0.15) is 49.1 Å². The molecule has 1 amide bonds. The second-order valence-corrected chi connectivity index (χ2v) is 13.2. The fraction of sp³-hybridized carbons (Fsp3) is 0.344. The second-order valence-electron chi connectivity index (χ2n) is 11.1. The number of hydrogen-bond donors (Lipinski definition) is 2. The van der Waals surface area contributed by atoms with E-state index in [0.717, 1.165) is 39.2 Å². The van der Waals surface area contributed by atoms with Crippen molar-refractivity contribution in [2.45, 2.75) is 50.1 Å². The molecule has 45 heavy (non-hydrogen) atoms. The standard InChI is InChI=1S/C32H33F4N5O3S/c1-5-45(22-16-27-29(37-17-22)40(3)18(2)38-27)41(4)21-12-9-19(10-13-21)23-7-6-8-24(28(23)31(43)44)30(42)39-26-14-11-20(15-25(26)33)32(34,35)36/h5,9-17,23-24,28H,6-8H2,1-4H3,(H,39,42)(H,43,44)/t23-,24-,28-,45?/m1/s1. The fourth-order valence-corrected chi connectivity index (χ4v) is 7.66. The maximum absolute atomic E-state index is 14.4. The first kappa shape index (κ1) is 32.1. The number of rotatable bonds is 7. The lowest BCUT2D eigenvalue weighted by Gasteiger charge is -2.35. The minimum atomic E-state index is -4.74. The molecule has 2 aromatic carbocycles. The van der Waals surface area contributed by atoms with E-state index in [9.17, 15) is 32.3 Å². The highest BCUT2D eigenvalue weighted by atomic mass is 32.2. The van der Waals surface area contributed by atoms with Crippen molar-refractivity contribution in [3.05, 3.63) is 77.5 Å². The predicted octanol–water partition coefficient (Wildman–Crippen LogP) is 7.16. The molecule has 238 valence electrons. The Balaban J connectivity index is 1.35. The second kappa shape index (κ2) is 12.6. The van der Waals surface area contributed by atoms with Gasteiger partial charge in [0.1, 0.15) is 17.2 Å². The Bertz CT molecular complexity index is 1790. The smallest absolute Gasteiger partial charge is 0.416 e. The van der Waals surface area contributed by atoms with Crippen LogP contribution < -0.4 is 9.62 Å². The molecule has 0 spiro atoms. The van der Waals surface area contributed by atoms with Gasteiger partial charge >= 0.3 is 12.1 Å². The summed E-state index contributed by atoms with van der Waals surface area (Å²) in [5, 5.41) is 14.6. The first-order chi connectivity index (χ1) is 21.3. The molecule has 1 aliphatic rings. The van der Waals surface area contributed by atoms with Gasteiger partial charge in [-0.1, -0.05) is 29.2 Å². The zero-order valence-corrected chi connectivity index (χ0v) is 25.9. The Hall–Kier alpha value is -4.26. The molecule has 1 fully saturated rings. The molecule has 1 unspecified atom stereocenters. The number of halogens is 4. The zero-order valence-electron chi connectivity index (χ0n) is 25.1. The fourth-order valence-electron chi connectivity index (χ4n) is 6.01. The lowest BCUT2D eigenvalue weighted by atomic mass is 9.69. The summed E-state index contributed by atoms with van der Waals surface area (Å²) in [6.45, 7) is 3.90. The van der Waals surface area contributed by atoms with Gasteiger partial charge in [-0.3, -0.25) is 9.59 Å². The van der Waals surface area contributed by atoms with Crippen molar-refractivity contribution in [1.82, 2.24) is 14.5 Å². The highest BCUT2D eigenvalue weighted by Crippen LogP contribution is 2.43. The summed E-state index contributed by atoms with van der Waals surface area (Å²) < 4.78 is 57.3. The lowest BCUT2D eigenvalue weighted by molar-refractivity contribution is -0.148. The number of aryl methyl sites for hydroxylation is 2. The number of nitrogens with one attached hydrogen (secondary N) is 1. The molecule has 0 saturated heterocycles. The lowest BCUT2D eigenvalue weighted by Crippen LogP contribution is -2.40. The van der Waals surface area contributed by atoms with Crippen LogP contribution in [-0.4, -0.2) is 43.9 Å². The molecule has 2 N–H and O–H groups in total. The number of alkyl halides is 3. The van der Waals surface area contributed by atoms with Crippen molar-refractivity contribution in [3.8, 4) is 0 Å². The highest BCUT2D eigenvalue weighted by molar-refractivity contribution is 8.16. The number of hydrogen-bond acceptors (Lipinski definition) is 5. The molecule has 1 saturated carbocycles. The van der Waals surface area contributed by atoms with Gasteiger partial charge in [-0.2, -0.15) is 13.2 Å². The van der Waals surface area contributed by atoms with Crippen molar-refractivity contribution in [2.24, 2.45) is 18.9 Å². The number of aromatic nitrogens is 3. The number of benzene rings is 2. The number of carbonyl (C=O) groups is 2. The Kier molecular flexibility index (Phi) is 9.02. The van der Waals surface area contributed by atoms with Gasteiger partial charge < -0.3 is 19.3 Å². The number of carboxylic acid groups (broad SMARTS) is 1. The van der Waals surface area contributed by atoms with Crippen LogP contribution in [0.15, 0.2) is 59.6 Å². The van der Waals surface area contributed by atoms with E-state index in [4.69, 9.17) is 0 Å². The van der Waals surface area contributed by atoms with Crippen LogP contribution in [0.2, 0.25) is 0 Å². The van der Waals surface area contributed by atoms with E-state index in [2.05, 4.69) is 25.0 Å². The van der Waals surface area contributed by atoms with Gasteiger partial charge in [0.2, 0.25) is 5.91 Å². The normalized spacial score (nSPS) is 19.4. The third-order valence-corrected chi connectivity index (χ3v) is 10.4. The number of aliphatic carboxylic acids is 1. The number of carbonyl (C=O) groups excluding carboxylic acids is 1. The first-order valence-electron chi connectivity index (χ1n) is 14.4. The van der Waals surface area contributed by atoms with Crippen LogP contribution in [-0.2, 0) is 22.8 Å². The molecular formula is C32H33F4N5O3S. The molecule has 5 rings (SSSR count). The highest BCUT2D eigenvalue weighted by Gasteiger charge is 2.43. The van der Waals surface area contributed by atoms with Gasteiger partial charge in [0.15, 0.2) is 5.65 Å². The Morgan fingerprint density at radius 2 is 1.84 bits per heavy atom. The molecular weight excluding hydrogens is 610 g/mol. The molecule has 0 radical (unpaired) electrons. The summed E-state index contributed by atoms with van der Waals surface area (Å²) >= 11 is 0. The molecule has 0 aliphatic heterocycles. The van der Waals surface area contributed by atoms with Gasteiger partial charge in [-0.25, -0.2) is 14.4 Å². The third-order valence-electron chi connectivity index (χ3n) is 8.43. The van der Waals surface area contributed by atoms with E-state index in [1.54, 1.807) is 0 Å². The average Bonchev–Trinajstić information content (AvgIpc) is 3.29. The van der Waals surface area contributed by atoms with E-state index in [-0.39, 0.29) is 6.42 Å². The summed E-state index contributed by atoms with van der Waals surface area (Å²) in [6, 6.07) is 11.4. The number of pyridine rings is 1. The van der Waals surface area contributed by atoms with E-state index in [0.29, 0.717) is 25.0 Å². The van der Waals surface area contributed by atoms with Gasteiger partial charge in [0.05, 0.1) is 23.1 Å². The van der Waals surface area contributed by atoms with E-state index in [1.165, 1.54) is 0 Å². The Morgan fingerprint density at radius 1 is 1.13 bits per heavy atom. The maximum atomic E-state index is 14.4. The zero-order chi connectivity index (χ0) is 32.6. The number of imidazole rings is 1. The largest absolute Gasteiger partial charge is 0.481 e. The summed E-state index contributed by atoms with van der Waals surface area (Å²) in [5.74, 6) is -4.86. The minimum absolute atomic E-state index is 0.256. The Morgan fingerprint density at radius 3 is 2.47 bits per heavy atom. The van der Waals surface area contributed by atoms with E-state index < -0.39 is 63.5 Å². The summed E-state index contributed by atoms with van der Waals surface area (Å²) in [7, 11) is 3.43. The van der Waals surface area contributed by atoms with Crippen LogP contribution in [0.4, 0.5) is 28.9 Å². The van der Waals surface area contributed by atoms with Crippen LogP contribution in [0.25, 0.3) is 11.2 Å². The third kappa shape index (κ3) is 6.44. The average molecular weight is 644 g/mol. The number of nitrogens with zero attached hydrogens (tertiary/aromatic N) is 4. The quantitative estimate of drug-likeness (QED) is 0.164. The number of anilines is 2. The minimum Gasteiger partial charge on any atom is -0.481 e. The predicted molar refractivity (Wildman–Crippen MR) is 167 cm³/mol. The van der Waals surface area contributed by atoms with Crippen LogP contribution in [0.3, 0.4) is 0 Å². The first-order valence-corrected chi connectivity index (χ1v) is 15.6. The monoisotopic (exact) mass is 643 g/mol. The van der Waals surface area contributed by atoms with Crippen molar-refractivity contribution >= 4 is 50.5 Å². The summed E-state index contributed by atoms with van der Waals surface area (Å²) in [6.07, 6.45) is -1.54. The Labute approximate surface area is 260 Å². The molecule has 4 aromatic rings. The molecule has 1 aliphatic carbocycles. The maximum Gasteiger partial charge on any atom is 0.416 e. The summed E-state index contributed by atoms with van der Waals surface area (Å²) in [4.78, 5) is 35.9. The summed E-state index contributed by atoms with van der Waals surface area (Å²) in [5.41, 5.74) is 1.66. The molecule has 4 atom stereocenters. The topological polar surface area (TPSA) is 100 Å². The van der Waals surface area contributed by atoms with Gasteiger partial charge in [-0.15, -0.1) is 0 Å². The van der Waals surface area contributed by atoms with Crippen molar-refractivity contribution < 1.29 is 32.3 Å². The number of fused-ring (bicyclic) bond motifs is 1. The SMILES string of the molecule is C/C=S(/c1cnc2c(c1)nc(C)n2C)N(C)c1ccc([C@H]2CCC[C@@H](C(=O)Nc3ccc(C(F)(F)F)cc3F)[C@@H]2C(=O)O)cc1. The van der Waals surface area contributed by atoms with E-state index in [1.807, 2.05) is 69.0 Å².